The summed E-state index contributed by atoms with van der Waals surface area (Å²) in [7, 11) is 0. The molecule has 0 atom stereocenters. The number of nitrogens with zero attached hydrogens (tertiary/aromatic N) is 2. The first-order valence-corrected chi connectivity index (χ1v) is 6.76. The molecular formula is C14H17FN2O3. The zero-order valence-corrected chi connectivity index (χ0v) is 11.3. The number of non-ortho nitro benzene ring substituents is 1. The van der Waals surface area contributed by atoms with E-state index in [-0.39, 0.29) is 11.3 Å². The lowest BCUT2D eigenvalue weighted by atomic mass is 9.94. The van der Waals surface area contributed by atoms with Crippen molar-refractivity contribution in [3.8, 4) is 0 Å². The van der Waals surface area contributed by atoms with Crippen molar-refractivity contribution in [1.29, 1.82) is 0 Å². The quantitative estimate of drug-likeness (QED) is 0.631. The Labute approximate surface area is 116 Å². The van der Waals surface area contributed by atoms with Crippen LogP contribution in [0, 0.1) is 21.8 Å². The monoisotopic (exact) mass is 280 g/mol. The summed E-state index contributed by atoms with van der Waals surface area (Å²) in [5, 5.41) is 10.7. The van der Waals surface area contributed by atoms with Crippen LogP contribution >= 0.6 is 0 Å². The first-order valence-electron chi connectivity index (χ1n) is 6.76. The van der Waals surface area contributed by atoms with Gasteiger partial charge in [-0.3, -0.25) is 14.9 Å². The van der Waals surface area contributed by atoms with E-state index in [0.717, 1.165) is 37.5 Å². The normalized spacial score (nSPS) is 16.2. The average molecular weight is 280 g/mol. The van der Waals surface area contributed by atoms with Crippen molar-refractivity contribution in [2.45, 2.75) is 26.2 Å². The van der Waals surface area contributed by atoms with Crippen molar-refractivity contribution in [3.05, 3.63) is 39.7 Å². The maximum Gasteiger partial charge on any atom is 0.270 e. The SMILES string of the molecule is CCC1CCN(C(=O)c2cc([N+](=O)[O-])ccc2F)CC1. The second-order valence-corrected chi connectivity index (χ2v) is 5.07. The maximum absolute atomic E-state index is 13.7. The fourth-order valence-corrected chi connectivity index (χ4v) is 2.51. The summed E-state index contributed by atoms with van der Waals surface area (Å²) in [5.41, 5.74) is -0.479. The van der Waals surface area contributed by atoms with E-state index in [1.54, 1.807) is 4.90 Å². The van der Waals surface area contributed by atoms with Gasteiger partial charge in [-0.1, -0.05) is 13.3 Å². The van der Waals surface area contributed by atoms with Crippen LogP contribution in [0.4, 0.5) is 10.1 Å². The highest BCUT2D eigenvalue weighted by molar-refractivity contribution is 5.95. The number of benzene rings is 1. The summed E-state index contributed by atoms with van der Waals surface area (Å²) in [4.78, 5) is 23.9. The highest BCUT2D eigenvalue weighted by Gasteiger charge is 2.25. The zero-order chi connectivity index (χ0) is 14.7. The molecular weight excluding hydrogens is 263 g/mol. The largest absolute Gasteiger partial charge is 0.339 e. The fourth-order valence-electron chi connectivity index (χ4n) is 2.51. The van der Waals surface area contributed by atoms with E-state index in [0.29, 0.717) is 19.0 Å². The molecule has 6 heteroatoms. The van der Waals surface area contributed by atoms with Gasteiger partial charge in [-0.2, -0.15) is 0 Å². The summed E-state index contributed by atoms with van der Waals surface area (Å²) >= 11 is 0. The zero-order valence-electron chi connectivity index (χ0n) is 11.3. The first kappa shape index (κ1) is 14.4. The van der Waals surface area contributed by atoms with Crippen molar-refractivity contribution >= 4 is 11.6 Å². The Morgan fingerprint density at radius 2 is 2.10 bits per heavy atom. The summed E-state index contributed by atoms with van der Waals surface area (Å²) in [6.07, 6.45) is 2.88. The van der Waals surface area contributed by atoms with Gasteiger partial charge in [0.05, 0.1) is 10.5 Å². The van der Waals surface area contributed by atoms with Crippen LogP contribution < -0.4 is 0 Å². The minimum absolute atomic E-state index is 0.214. The predicted molar refractivity (Wildman–Crippen MR) is 72.0 cm³/mol. The molecule has 1 fully saturated rings. The molecule has 20 heavy (non-hydrogen) atoms. The van der Waals surface area contributed by atoms with Gasteiger partial charge in [-0.15, -0.1) is 0 Å². The van der Waals surface area contributed by atoms with E-state index in [4.69, 9.17) is 0 Å². The third-order valence-corrected chi connectivity index (χ3v) is 3.87. The van der Waals surface area contributed by atoms with E-state index >= 15 is 0 Å². The van der Waals surface area contributed by atoms with Gasteiger partial charge in [-0.25, -0.2) is 4.39 Å². The number of amides is 1. The van der Waals surface area contributed by atoms with E-state index in [1.165, 1.54) is 0 Å². The lowest BCUT2D eigenvalue weighted by molar-refractivity contribution is -0.384. The molecule has 1 aliphatic heterocycles. The Morgan fingerprint density at radius 3 is 2.65 bits per heavy atom. The molecule has 1 aliphatic rings. The molecule has 1 heterocycles. The molecule has 0 aromatic heterocycles. The van der Waals surface area contributed by atoms with Crippen LogP contribution in [0.25, 0.3) is 0 Å². The molecule has 0 aliphatic carbocycles. The maximum atomic E-state index is 13.7. The van der Waals surface area contributed by atoms with Crippen LogP contribution in [0.2, 0.25) is 0 Å². The lowest BCUT2D eigenvalue weighted by Gasteiger charge is -2.31. The number of nitro benzene ring substituents is 1. The Bertz CT molecular complexity index is 525. The Balaban J connectivity index is 2.17. The molecule has 5 nitrogen and oxygen atoms in total. The molecule has 1 aromatic rings. The molecule has 2 rings (SSSR count). The van der Waals surface area contributed by atoms with E-state index < -0.39 is 16.6 Å². The topological polar surface area (TPSA) is 63.5 Å². The number of hydrogen-bond acceptors (Lipinski definition) is 3. The lowest BCUT2D eigenvalue weighted by Crippen LogP contribution is -2.38. The van der Waals surface area contributed by atoms with Gasteiger partial charge >= 0.3 is 0 Å². The minimum Gasteiger partial charge on any atom is -0.339 e. The second kappa shape index (κ2) is 5.98. The van der Waals surface area contributed by atoms with Gasteiger partial charge in [0, 0.05) is 25.2 Å². The van der Waals surface area contributed by atoms with Gasteiger partial charge in [-0.05, 0) is 24.8 Å². The fraction of sp³-hybridized carbons (Fsp3) is 0.500. The molecule has 1 saturated heterocycles. The molecule has 108 valence electrons. The van der Waals surface area contributed by atoms with Crippen molar-refractivity contribution < 1.29 is 14.1 Å². The Kier molecular flexibility index (Phi) is 4.32. The average Bonchev–Trinajstić information content (AvgIpc) is 2.47. The van der Waals surface area contributed by atoms with Crippen LogP contribution in [-0.2, 0) is 0 Å². The third-order valence-electron chi connectivity index (χ3n) is 3.87. The molecule has 0 saturated carbocycles. The summed E-state index contributed by atoms with van der Waals surface area (Å²) in [6, 6.07) is 3.06. The number of halogens is 1. The number of nitro groups is 1. The molecule has 0 unspecified atom stereocenters. The standard InChI is InChI=1S/C14H17FN2O3/c1-2-10-5-7-16(8-6-10)14(18)12-9-11(17(19)20)3-4-13(12)15/h3-4,9-10H,2,5-8H2,1H3. The Morgan fingerprint density at radius 1 is 1.45 bits per heavy atom. The number of rotatable bonds is 3. The second-order valence-electron chi connectivity index (χ2n) is 5.07. The summed E-state index contributed by atoms with van der Waals surface area (Å²) < 4.78 is 13.7. The molecule has 0 spiro atoms. The van der Waals surface area contributed by atoms with E-state index in [9.17, 15) is 19.3 Å². The van der Waals surface area contributed by atoms with Crippen molar-refractivity contribution in [1.82, 2.24) is 4.90 Å². The van der Waals surface area contributed by atoms with Gasteiger partial charge in [0.2, 0.25) is 0 Å². The van der Waals surface area contributed by atoms with Crippen molar-refractivity contribution in [2.24, 2.45) is 5.92 Å². The van der Waals surface area contributed by atoms with E-state index in [2.05, 4.69) is 6.92 Å². The van der Waals surface area contributed by atoms with Crippen LogP contribution in [-0.4, -0.2) is 28.8 Å². The highest BCUT2D eigenvalue weighted by Crippen LogP contribution is 2.23. The molecule has 1 amide bonds. The predicted octanol–water partition coefficient (Wildman–Crippen LogP) is 3.00. The van der Waals surface area contributed by atoms with E-state index in [1.807, 2.05) is 0 Å². The van der Waals surface area contributed by atoms with Crippen molar-refractivity contribution in [3.63, 3.8) is 0 Å². The smallest absolute Gasteiger partial charge is 0.270 e. The van der Waals surface area contributed by atoms with Crippen LogP contribution in [0.1, 0.15) is 36.5 Å². The number of likely N-dealkylation sites (tertiary alicyclic amines) is 1. The Hall–Kier alpha value is -1.98. The van der Waals surface area contributed by atoms with Gasteiger partial charge < -0.3 is 4.90 Å². The van der Waals surface area contributed by atoms with Crippen LogP contribution in [0.5, 0.6) is 0 Å². The first-order chi connectivity index (χ1) is 9.52. The molecule has 0 radical (unpaired) electrons. The number of carbonyl (C=O) groups is 1. The number of carbonyl (C=O) groups excluding carboxylic acids is 1. The molecule has 0 bridgehead atoms. The minimum atomic E-state index is -0.710. The summed E-state index contributed by atoms with van der Waals surface area (Å²) in [5.74, 6) is -0.562. The van der Waals surface area contributed by atoms with Crippen LogP contribution in [0.3, 0.4) is 0 Å². The van der Waals surface area contributed by atoms with Gasteiger partial charge in [0.25, 0.3) is 11.6 Å². The van der Waals surface area contributed by atoms with Gasteiger partial charge in [0.15, 0.2) is 0 Å². The third kappa shape index (κ3) is 2.95. The number of piperidine rings is 1. The van der Waals surface area contributed by atoms with Gasteiger partial charge in [0.1, 0.15) is 5.82 Å². The van der Waals surface area contributed by atoms with Crippen molar-refractivity contribution in [2.75, 3.05) is 13.1 Å². The molecule has 1 aromatic carbocycles. The number of hydrogen-bond donors (Lipinski definition) is 0. The van der Waals surface area contributed by atoms with Crippen LogP contribution in [0.15, 0.2) is 18.2 Å². The highest BCUT2D eigenvalue weighted by atomic mass is 19.1. The molecule has 0 N–H and O–H groups in total. The summed E-state index contributed by atoms with van der Waals surface area (Å²) in [6.45, 7) is 3.28.